The van der Waals surface area contributed by atoms with E-state index in [4.69, 9.17) is 4.74 Å². The maximum absolute atomic E-state index is 13.7. The van der Waals surface area contributed by atoms with Crippen LogP contribution in [0.4, 0.5) is 0 Å². The van der Waals surface area contributed by atoms with Crippen LogP contribution in [0.1, 0.15) is 22.9 Å². The number of hydrogen-bond acceptors (Lipinski definition) is 6. The van der Waals surface area contributed by atoms with Crippen molar-refractivity contribution in [1.82, 2.24) is 19.2 Å². The summed E-state index contributed by atoms with van der Waals surface area (Å²) < 4.78 is 34.0. The second-order valence-electron chi connectivity index (χ2n) is 9.01. The van der Waals surface area contributed by atoms with Crippen LogP contribution in [-0.4, -0.2) is 59.5 Å². The Morgan fingerprint density at radius 2 is 1.73 bits per heavy atom. The van der Waals surface area contributed by atoms with Crippen molar-refractivity contribution in [3.05, 3.63) is 83.4 Å². The van der Waals surface area contributed by atoms with Crippen LogP contribution in [0.25, 0.3) is 11.0 Å². The van der Waals surface area contributed by atoms with E-state index in [1.807, 2.05) is 44.2 Å². The number of fused-ring (bicyclic) bond motifs is 1. The summed E-state index contributed by atoms with van der Waals surface area (Å²) in [4.78, 5) is 23.1. The van der Waals surface area contributed by atoms with E-state index in [0.717, 1.165) is 22.2 Å². The molecule has 192 valence electrons. The molecular weight excluding hydrogens is 508 g/mol. The van der Waals surface area contributed by atoms with Crippen molar-refractivity contribution < 1.29 is 17.9 Å². The molecule has 0 unspecified atom stereocenters. The lowest BCUT2D eigenvalue weighted by molar-refractivity contribution is -0.130. The largest absolute Gasteiger partial charge is 0.497 e. The number of amides is 1. The number of methoxy groups -OCH3 is 1. The standard InChI is InChI=1S/C27H28N4O4S2/c1-18-4-11-22(12-5-18)37(33,34)31-15-14-30(26(31)20-7-9-21(35-3)10-8-20)25(32)17-36-27-28-23-13-6-19(2)16-24(23)29-27/h4-13,16,26H,14-15,17H2,1-3H3,(H,28,29)/t26-/m0/s1. The molecule has 5 rings (SSSR count). The van der Waals surface area contributed by atoms with Crippen molar-refractivity contribution in [3.63, 3.8) is 0 Å². The fourth-order valence-corrected chi connectivity index (χ4v) is 6.81. The van der Waals surface area contributed by atoms with Crippen LogP contribution in [0.2, 0.25) is 0 Å². The first-order valence-corrected chi connectivity index (χ1v) is 14.3. The Balaban J connectivity index is 1.42. The Labute approximate surface area is 220 Å². The lowest BCUT2D eigenvalue weighted by Crippen LogP contribution is -2.38. The summed E-state index contributed by atoms with van der Waals surface area (Å²) in [5.41, 5.74) is 4.56. The van der Waals surface area contributed by atoms with E-state index in [2.05, 4.69) is 9.97 Å². The molecule has 0 spiro atoms. The summed E-state index contributed by atoms with van der Waals surface area (Å²) in [6, 6.07) is 19.9. The molecule has 0 bridgehead atoms. The molecular formula is C27H28N4O4S2. The average Bonchev–Trinajstić information content (AvgIpc) is 3.52. The predicted octanol–water partition coefficient (Wildman–Crippen LogP) is 4.51. The van der Waals surface area contributed by atoms with Crippen LogP contribution in [0.3, 0.4) is 0 Å². The van der Waals surface area contributed by atoms with Gasteiger partial charge in [-0.3, -0.25) is 4.79 Å². The van der Waals surface area contributed by atoms with Gasteiger partial charge in [-0.25, -0.2) is 13.4 Å². The van der Waals surface area contributed by atoms with E-state index in [1.165, 1.54) is 16.1 Å². The monoisotopic (exact) mass is 536 g/mol. The van der Waals surface area contributed by atoms with Crippen LogP contribution in [0, 0.1) is 13.8 Å². The Bertz CT molecular complexity index is 1530. The van der Waals surface area contributed by atoms with Crippen molar-refractivity contribution in [2.45, 2.75) is 30.1 Å². The third-order valence-corrected chi connectivity index (χ3v) is 9.16. The third kappa shape index (κ3) is 5.09. The number of sulfonamides is 1. The number of carbonyl (C=O) groups excluding carboxylic acids is 1. The number of H-pyrrole nitrogens is 1. The lowest BCUT2D eigenvalue weighted by Gasteiger charge is -2.30. The smallest absolute Gasteiger partial charge is 0.245 e. The van der Waals surface area contributed by atoms with Crippen LogP contribution in [0.5, 0.6) is 5.75 Å². The molecule has 2 heterocycles. The SMILES string of the molecule is COc1ccc([C@H]2N(C(=O)CSc3nc4ccc(C)cc4[nH]3)CCN2S(=O)(=O)c2ccc(C)cc2)cc1. The lowest BCUT2D eigenvalue weighted by atomic mass is 10.1. The van der Waals surface area contributed by atoms with Gasteiger partial charge >= 0.3 is 0 Å². The van der Waals surface area contributed by atoms with Crippen molar-refractivity contribution >= 4 is 38.7 Å². The molecule has 37 heavy (non-hydrogen) atoms. The van der Waals surface area contributed by atoms with Gasteiger partial charge in [-0.2, -0.15) is 4.31 Å². The van der Waals surface area contributed by atoms with E-state index < -0.39 is 16.2 Å². The topological polar surface area (TPSA) is 95.6 Å². The maximum Gasteiger partial charge on any atom is 0.245 e. The van der Waals surface area contributed by atoms with Gasteiger partial charge in [-0.05, 0) is 61.4 Å². The first-order valence-electron chi connectivity index (χ1n) is 11.9. The molecule has 1 aliphatic rings. The number of benzene rings is 3. The van der Waals surface area contributed by atoms with Gasteiger partial charge < -0.3 is 14.6 Å². The summed E-state index contributed by atoms with van der Waals surface area (Å²) in [7, 11) is -2.27. The normalized spacial score (nSPS) is 16.4. The second-order valence-corrected chi connectivity index (χ2v) is 11.9. The minimum absolute atomic E-state index is 0.129. The zero-order valence-corrected chi connectivity index (χ0v) is 22.5. The number of imidazole rings is 1. The molecule has 0 aliphatic carbocycles. The molecule has 4 aromatic rings. The number of hydrogen-bond donors (Lipinski definition) is 1. The van der Waals surface area contributed by atoms with Gasteiger partial charge in [0.2, 0.25) is 15.9 Å². The molecule has 1 amide bonds. The highest BCUT2D eigenvalue weighted by atomic mass is 32.2. The summed E-state index contributed by atoms with van der Waals surface area (Å²) in [5, 5.41) is 0.651. The molecule has 1 fully saturated rings. The zero-order valence-electron chi connectivity index (χ0n) is 20.8. The molecule has 1 N–H and O–H groups in total. The number of thioether (sulfide) groups is 1. The number of aryl methyl sites for hydroxylation is 2. The van der Waals surface area contributed by atoms with E-state index >= 15 is 0 Å². The molecule has 1 saturated heterocycles. The van der Waals surface area contributed by atoms with Gasteiger partial charge in [0.25, 0.3) is 0 Å². The maximum atomic E-state index is 13.7. The summed E-state index contributed by atoms with van der Waals surface area (Å²) >= 11 is 1.31. The van der Waals surface area contributed by atoms with Gasteiger partial charge in [0, 0.05) is 13.1 Å². The van der Waals surface area contributed by atoms with E-state index in [1.54, 1.807) is 48.4 Å². The van der Waals surface area contributed by atoms with Gasteiger partial charge in [0.05, 0.1) is 28.8 Å². The molecule has 1 aromatic heterocycles. The molecule has 1 aliphatic heterocycles. The Kier molecular flexibility index (Phi) is 6.98. The van der Waals surface area contributed by atoms with Gasteiger partial charge in [-0.1, -0.05) is 47.7 Å². The molecule has 3 aromatic carbocycles. The highest BCUT2D eigenvalue weighted by Gasteiger charge is 2.43. The van der Waals surface area contributed by atoms with Crippen molar-refractivity contribution in [2.24, 2.45) is 0 Å². The minimum Gasteiger partial charge on any atom is -0.497 e. The van der Waals surface area contributed by atoms with Gasteiger partial charge in [0.15, 0.2) is 5.16 Å². The van der Waals surface area contributed by atoms with E-state index in [0.29, 0.717) is 23.0 Å². The first-order chi connectivity index (χ1) is 17.8. The quantitative estimate of drug-likeness (QED) is 0.349. The highest BCUT2D eigenvalue weighted by Crippen LogP contribution is 2.36. The molecule has 0 saturated carbocycles. The molecule has 8 nitrogen and oxygen atoms in total. The second kappa shape index (κ2) is 10.2. The summed E-state index contributed by atoms with van der Waals surface area (Å²) in [6.45, 7) is 4.42. The fourth-order valence-electron chi connectivity index (χ4n) is 4.47. The summed E-state index contributed by atoms with van der Waals surface area (Å²) in [5.74, 6) is 0.622. The Morgan fingerprint density at radius 3 is 2.43 bits per heavy atom. The van der Waals surface area contributed by atoms with Crippen LogP contribution in [0.15, 0.2) is 76.8 Å². The number of nitrogens with one attached hydrogen (secondary N) is 1. The van der Waals surface area contributed by atoms with Crippen LogP contribution >= 0.6 is 11.8 Å². The van der Waals surface area contributed by atoms with Crippen molar-refractivity contribution in [3.8, 4) is 5.75 Å². The number of rotatable bonds is 7. The number of nitrogens with zero attached hydrogens (tertiary/aromatic N) is 3. The minimum atomic E-state index is -3.84. The Morgan fingerprint density at radius 1 is 1.03 bits per heavy atom. The first kappa shape index (κ1) is 25.3. The summed E-state index contributed by atoms with van der Waals surface area (Å²) in [6.07, 6.45) is -0.761. The van der Waals surface area contributed by atoms with Crippen LogP contribution in [-0.2, 0) is 14.8 Å². The predicted molar refractivity (Wildman–Crippen MR) is 144 cm³/mol. The third-order valence-electron chi connectivity index (χ3n) is 6.44. The van der Waals surface area contributed by atoms with E-state index in [-0.39, 0.29) is 23.1 Å². The highest BCUT2D eigenvalue weighted by molar-refractivity contribution is 7.99. The van der Waals surface area contributed by atoms with Crippen molar-refractivity contribution in [2.75, 3.05) is 26.0 Å². The number of carbonyl (C=O) groups is 1. The average molecular weight is 537 g/mol. The van der Waals surface area contributed by atoms with Crippen LogP contribution < -0.4 is 4.74 Å². The van der Waals surface area contributed by atoms with Gasteiger partial charge in [-0.15, -0.1) is 0 Å². The van der Waals surface area contributed by atoms with Gasteiger partial charge in [0.1, 0.15) is 11.9 Å². The molecule has 1 atom stereocenters. The van der Waals surface area contributed by atoms with E-state index in [9.17, 15) is 13.2 Å². The number of aromatic nitrogens is 2. The fraction of sp³-hybridized carbons (Fsp3) is 0.259. The number of aromatic amines is 1. The molecule has 0 radical (unpaired) electrons. The number of ether oxygens (including phenoxy) is 1. The van der Waals surface area contributed by atoms with Crippen molar-refractivity contribution in [1.29, 1.82) is 0 Å². The Hall–Kier alpha value is -3.34. The molecule has 10 heteroatoms. The zero-order chi connectivity index (χ0) is 26.2.